The van der Waals surface area contributed by atoms with Crippen molar-refractivity contribution in [3.8, 4) is 0 Å². The summed E-state index contributed by atoms with van der Waals surface area (Å²) in [5, 5.41) is 8.88. The molecule has 0 saturated heterocycles. The van der Waals surface area contributed by atoms with E-state index in [1.165, 1.54) is 6.07 Å². The molecule has 96 valence electrons. The van der Waals surface area contributed by atoms with Crippen LogP contribution in [0, 0.1) is 5.82 Å². The van der Waals surface area contributed by atoms with E-state index in [-0.39, 0.29) is 17.4 Å². The van der Waals surface area contributed by atoms with E-state index in [2.05, 4.69) is 4.90 Å². The van der Waals surface area contributed by atoms with Crippen LogP contribution < -0.4 is 0 Å². The Bertz CT molecular complexity index is 346. The molecule has 1 aromatic carbocycles. The van der Waals surface area contributed by atoms with Crippen LogP contribution >= 0.6 is 11.6 Å². The van der Waals surface area contributed by atoms with E-state index in [1.807, 2.05) is 13.1 Å². The van der Waals surface area contributed by atoms with Crippen LogP contribution in [0.25, 0.3) is 0 Å². The Morgan fingerprint density at radius 2 is 2.06 bits per heavy atom. The Balaban J connectivity index is 2.39. The topological polar surface area (TPSA) is 23.5 Å². The van der Waals surface area contributed by atoms with Crippen LogP contribution in [0.1, 0.15) is 24.8 Å². The van der Waals surface area contributed by atoms with Crippen LogP contribution in [-0.2, 0) is 6.54 Å². The van der Waals surface area contributed by atoms with Crippen molar-refractivity contribution in [2.75, 3.05) is 20.2 Å². The maximum absolute atomic E-state index is 13.2. The fraction of sp³-hybridized carbons (Fsp3) is 0.538. The first-order chi connectivity index (χ1) is 8.15. The van der Waals surface area contributed by atoms with Gasteiger partial charge in [0, 0.05) is 13.2 Å². The standard InChI is InChI=1S/C13H19ClFNO/c1-16(8-3-2-4-9-17)10-11-6-5-7-12(15)13(11)14/h5-7,17H,2-4,8-10H2,1H3. The Morgan fingerprint density at radius 1 is 1.29 bits per heavy atom. The number of aliphatic hydroxyl groups excluding tert-OH is 1. The molecule has 0 radical (unpaired) electrons. The molecule has 1 N–H and O–H groups in total. The highest BCUT2D eigenvalue weighted by Crippen LogP contribution is 2.20. The SMILES string of the molecule is CN(CCCCCO)Cc1cccc(F)c1Cl. The molecule has 0 aliphatic heterocycles. The summed E-state index contributed by atoms with van der Waals surface area (Å²) in [5.74, 6) is -0.363. The minimum Gasteiger partial charge on any atom is -0.396 e. The Morgan fingerprint density at radius 3 is 2.76 bits per heavy atom. The van der Waals surface area contributed by atoms with Gasteiger partial charge in [0.15, 0.2) is 0 Å². The third kappa shape index (κ3) is 5.02. The van der Waals surface area contributed by atoms with Gasteiger partial charge in [-0.3, -0.25) is 0 Å². The van der Waals surface area contributed by atoms with Crippen LogP contribution in [0.4, 0.5) is 4.39 Å². The lowest BCUT2D eigenvalue weighted by Crippen LogP contribution is -2.19. The van der Waals surface area contributed by atoms with E-state index in [1.54, 1.807) is 6.07 Å². The van der Waals surface area contributed by atoms with Gasteiger partial charge in [-0.05, 0) is 44.5 Å². The quantitative estimate of drug-likeness (QED) is 0.761. The van der Waals surface area contributed by atoms with Crippen molar-refractivity contribution in [2.45, 2.75) is 25.8 Å². The number of unbranched alkanes of at least 4 members (excludes halogenated alkanes) is 2. The molecule has 0 saturated carbocycles. The van der Waals surface area contributed by atoms with E-state index in [9.17, 15) is 4.39 Å². The summed E-state index contributed by atoms with van der Waals surface area (Å²) in [5.41, 5.74) is 0.816. The predicted octanol–water partition coefficient (Wildman–Crippen LogP) is 3.07. The summed E-state index contributed by atoms with van der Waals surface area (Å²) in [6.45, 7) is 1.82. The molecule has 0 bridgehead atoms. The minimum atomic E-state index is -0.363. The molecule has 17 heavy (non-hydrogen) atoms. The third-order valence-electron chi connectivity index (χ3n) is 2.67. The number of hydrogen-bond donors (Lipinski definition) is 1. The molecular formula is C13H19ClFNO. The van der Waals surface area contributed by atoms with Crippen molar-refractivity contribution in [3.05, 3.63) is 34.6 Å². The molecule has 0 aliphatic carbocycles. The van der Waals surface area contributed by atoms with Gasteiger partial charge in [-0.15, -0.1) is 0 Å². The van der Waals surface area contributed by atoms with Crippen molar-refractivity contribution in [1.29, 1.82) is 0 Å². The number of aliphatic hydroxyl groups is 1. The third-order valence-corrected chi connectivity index (χ3v) is 3.09. The van der Waals surface area contributed by atoms with Gasteiger partial charge in [0.05, 0.1) is 5.02 Å². The molecule has 0 amide bonds. The van der Waals surface area contributed by atoms with E-state index < -0.39 is 0 Å². The highest BCUT2D eigenvalue weighted by molar-refractivity contribution is 6.31. The zero-order valence-corrected chi connectivity index (χ0v) is 10.9. The number of hydrogen-bond acceptors (Lipinski definition) is 2. The Hall–Kier alpha value is -0.640. The fourth-order valence-electron chi connectivity index (χ4n) is 1.71. The van der Waals surface area contributed by atoms with Crippen molar-refractivity contribution in [3.63, 3.8) is 0 Å². The molecule has 0 fully saturated rings. The van der Waals surface area contributed by atoms with Crippen LogP contribution in [0.2, 0.25) is 5.02 Å². The maximum Gasteiger partial charge on any atom is 0.142 e. The molecule has 0 spiro atoms. The predicted molar refractivity (Wildman–Crippen MR) is 68.7 cm³/mol. The van der Waals surface area contributed by atoms with Gasteiger partial charge >= 0.3 is 0 Å². The van der Waals surface area contributed by atoms with Crippen molar-refractivity contribution in [1.82, 2.24) is 4.90 Å². The van der Waals surface area contributed by atoms with Crippen LogP contribution in [0.5, 0.6) is 0 Å². The molecule has 0 aliphatic rings. The zero-order valence-electron chi connectivity index (χ0n) is 10.1. The molecule has 2 nitrogen and oxygen atoms in total. The van der Waals surface area contributed by atoms with Crippen molar-refractivity contribution >= 4 is 11.6 Å². The normalized spacial score (nSPS) is 11.1. The van der Waals surface area contributed by atoms with E-state index in [4.69, 9.17) is 16.7 Å². The second-order valence-corrected chi connectivity index (χ2v) is 4.61. The summed E-state index contributed by atoms with van der Waals surface area (Å²) in [6, 6.07) is 4.89. The highest BCUT2D eigenvalue weighted by Gasteiger charge is 2.07. The van der Waals surface area contributed by atoms with E-state index in [0.717, 1.165) is 31.4 Å². The summed E-state index contributed by atoms with van der Waals surface area (Å²) < 4.78 is 13.2. The smallest absolute Gasteiger partial charge is 0.142 e. The summed E-state index contributed by atoms with van der Waals surface area (Å²) in [7, 11) is 1.99. The van der Waals surface area contributed by atoms with E-state index >= 15 is 0 Å². The summed E-state index contributed by atoms with van der Waals surface area (Å²) in [6.07, 6.45) is 2.89. The first-order valence-corrected chi connectivity index (χ1v) is 6.25. The van der Waals surface area contributed by atoms with Gasteiger partial charge in [-0.25, -0.2) is 4.39 Å². The molecule has 0 atom stereocenters. The molecule has 0 aromatic heterocycles. The van der Waals surface area contributed by atoms with Gasteiger partial charge in [0.2, 0.25) is 0 Å². The van der Waals surface area contributed by atoms with Crippen molar-refractivity contribution in [2.24, 2.45) is 0 Å². The molecular weight excluding hydrogens is 241 g/mol. The average Bonchev–Trinajstić information content (AvgIpc) is 2.31. The lowest BCUT2D eigenvalue weighted by molar-refractivity contribution is 0.271. The zero-order chi connectivity index (χ0) is 12.7. The molecule has 0 unspecified atom stereocenters. The lowest BCUT2D eigenvalue weighted by atomic mass is 10.2. The first kappa shape index (κ1) is 14.4. The number of halogens is 2. The van der Waals surface area contributed by atoms with Gasteiger partial charge in [-0.2, -0.15) is 0 Å². The summed E-state index contributed by atoms with van der Waals surface area (Å²) in [4.78, 5) is 2.11. The number of rotatable bonds is 7. The Kier molecular flexibility index (Phi) is 6.48. The lowest BCUT2D eigenvalue weighted by Gasteiger charge is -2.17. The van der Waals surface area contributed by atoms with Crippen LogP contribution in [-0.4, -0.2) is 30.2 Å². The number of nitrogens with zero attached hydrogens (tertiary/aromatic N) is 1. The second kappa shape index (κ2) is 7.64. The first-order valence-electron chi connectivity index (χ1n) is 5.87. The van der Waals surface area contributed by atoms with Crippen LogP contribution in [0.15, 0.2) is 18.2 Å². The fourth-order valence-corrected chi connectivity index (χ4v) is 1.90. The number of benzene rings is 1. The highest BCUT2D eigenvalue weighted by atomic mass is 35.5. The molecule has 0 heterocycles. The summed E-state index contributed by atoms with van der Waals surface area (Å²) >= 11 is 5.89. The van der Waals surface area contributed by atoms with Gasteiger partial charge < -0.3 is 10.0 Å². The van der Waals surface area contributed by atoms with E-state index in [0.29, 0.717) is 6.54 Å². The monoisotopic (exact) mass is 259 g/mol. The molecule has 1 rings (SSSR count). The second-order valence-electron chi connectivity index (χ2n) is 4.23. The minimum absolute atomic E-state index is 0.217. The van der Waals surface area contributed by atoms with Gasteiger partial charge in [-0.1, -0.05) is 23.7 Å². The molecule has 4 heteroatoms. The van der Waals surface area contributed by atoms with Crippen molar-refractivity contribution < 1.29 is 9.50 Å². The largest absolute Gasteiger partial charge is 0.396 e. The maximum atomic E-state index is 13.2. The average molecular weight is 260 g/mol. The Labute approximate surface area is 107 Å². The van der Waals surface area contributed by atoms with Gasteiger partial charge in [0.1, 0.15) is 5.82 Å². The van der Waals surface area contributed by atoms with Crippen LogP contribution in [0.3, 0.4) is 0 Å². The van der Waals surface area contributed by atoms with Gasteiger partial charge in [0.25, 0.3) is 0 Å². The molecule has 1 aromatic rings.